The van der Waals surface area contributed by atoms with Crippen LogP contribution in [0.25, 0.3) is 0 Å². The molecule has 0 aliphatic rings. The number of rotatable bonds is 9. The molecule has 0 saturated carbocycles. The molecule has 4 nitrogen and oxygen atoms in total. The van der Waals surface area contributed by atoms with Crippen molar-refractivity contribution in [3.05, 3.63) is 86.4 Å². The third-order valence-corrected chi connectivity index (χ3v) is 5.54. The molecule has 3 aromatic rings. The highest BCUT2D eigenvalue weighted by molar-refractivity contribution is 6.36. The fourth-order valence-electron chi connectivity index (χ4n) is 3.02. The fraction of sp³-hybridized carbons (Fsp3) is 0.217. The summed E-state index contributed by atoms with van der Waals surface area (Å²) in [7, 11) is 3.24. The first-order valence-electron chi connectivity index (χ1n) is 9.28. The van der Waals surface area contributed by atoms with Crippen LogP contribution in [0.2, 0.25) is 15.1 Å². The number of methoxy groups -OCH3 is 2. The Bertz CT molecular complexity index is 991. The lowest BCUT2D eigenvalue weighted by Crippen LogP contribution is -2.13. The highest BCUT2D eigenvalue weighted by Crippen LogP contribution is 2.38. The Morgan fingerprint density at radius 2 is 1.47 bits per heavy atom. The number of hydrogen-bond donors (Lipinski definition) is 1. The highest BCUT2D eigenvalue weighted by atomic mass is 35.5. The summed E-state index contributed by atoms with van der Waals surface area (Å²) in [6, 6.07) is 17.0. The van der Waals surface area contributed by atoms with Crippen LogP contribution < -0.4 is 19.5 Å². The molecule has 158 valence electrons. The van der Waals surface area contributed by atoms with Crippen LogP contribution in [0.15, 0.2) is 54.6 Å². The number of halogens is 3. The van der Waals surface area contributed by atoms with E-state index >= 15 is 0 Å². The van der Waals surface area contributed by atoms with Gasteiger partial charge in [0, 0.05) is 34.3 Å². The summed E-state index contributed by atoms with van der Waals surface area (Å²) in [4.78, 5) is 0. The van der Waals surface area contributed by atoms with E-state index < -0.39 is 0 Å². The molecule has 0 radical (unpaired) electrons. The van der Waals surface area contributed by atoms with Crippen LogP contribution in [0, 0.1) is 0 Å². The van der Waals surface area contributed by atoms with Gasteiger partial charge in [0.25, 0.3) is 0 Å². The van der Waals surface area contributed by atoms with Gasteiger partial charge >= 0.3 is 0 Å². The van der Waals surface area contributed by atoms with Crippen LogP contribution >= 0.6 is 34.8 Å². The Hall–Kier alpha value is -2.11. The van der Waals surface area contributed by atoms with Crippen LogP contribution in [0.3, 0.4) is 0 Å². The molecule has 0 aromatic heterocycles. The lowest BCUT2D eigenvalue weighted by molar-refractivity contribution is 0.284. The Balaban J connectivity index is 1.69. The average Bonchev–Trinajstić information content (AvgIpc) is 2.74. The van der Waals surface area contributed by atoms with E-state index in [0.29, 0.717) is 45.2 Å². The molecule has 3 rings (SSSR count). The number of para-hydroxylation sites is 1. The van der Waals surface area contributed by atoms with Gasteiger partial charge in [-0.25, -0.2) is 0 Å². The van der Waals surface area contributed by atoms with Crippen LogP contribution in [0.5, 0.6) is 17.2 Å². The standard InChI is InChI=1S/C23H22Cl3NO3/c1-28-21-9-4-3-6-16(21)13-27-12-15-10-20(26)23(22(11-15)29-2)30-14-17-18(24)7-5-8-19(17)25/h3-11,27H,12-14H2,1-2H3. The third kappa shape index (κ3) is 5.52. The summed E-state index contributed by atoms with van der Waals surface area (Å²) in [6.07, 6.45) is 0. The maximum atomic E-state index is 6.48. The van der Waals surface area contributed by atoms with Gasteiger partial charge in [0.05, 0.1) is 19.2 Å². The molecule has 0 aliphatic carbocycles. The summed E-state index contributed by atoms with van der Waals surface area (Å²) in [6.45, 7) is 1.44. The van der Waals surface area contributed by atoms with Crippen molar-refractivity contribution in [3.63, 3.8) is 0 Å². The number of benzene rings is 3. The Morgan fingerprint density at radius 1 is 0.767 bits per heavy atom. The first-order valence-corrected chi connectivity index (χ1v) is 10.4. The minimum Gasteiger partial charge on any atom is -0.496 e. The van der Waals surface area contributed by atoms with E-state index in [9.17, 15) is 0 Å². The van der Waals surface area contributed by atoms with Gasteiger partial charge in [0.2, 0.25) is 0 Å². The second-order valence-electron chi connectivity index (χ2n) is 6.51. The van der Waals surface area contributed by atoms with Crippen molar-refractivity contribution in [2.24, 2.45) is 0 Å². The molecule has 0 bridgehead atoms. The minimum absolute atomic E-state index is 0.181. The first-order chi connectivity index (χ1) is 14.5. The van der Waals surface area contributed by atoms with Gasteiger partial charge in [-0.1, -0.05) is 59.1 Å². The second-order valence-corrected chi connectivity index (χ2v) is 7.73. The number of hydrogen-bond acceptors (Lipinski definition) is 4. The van der Waals surface area contributed by atoms with E-state index in [1.807, 2.05) is 36.4 Å². The Kier molecular flexibility index (Phi) is 8.11. The minimum atomic E-state index is 0.181. The SMILES string of the molecule is COc1ccccc1CNCc1cc(Cl)c(OCc2c(Cl)cccc2Cl)c(OC)c1. The van der Waals surface area contributed by atoms with E-state index in [1.54, 1.807) is 32.4 Å². The molecule has 0 amide bonds. The van der Waals surface area contributed by atoms with Crippen molar-refractivity contribution in [3.8, 4) is 17.2 Å². The largest absolute Gasteiger partial charge is 0.496 e. The van der Waals surface area contributed by atoms with Crippen molar-refractivity contribution < 1.29 is 14.2 Å². The van der Waals surface area contributed by atoms with Crippen molar-refractivity contribution in [1.82, 2.24) is 5.32 Å². The summed E-state index contributed by atoms with van der Waals surface area (Å²) in [5, 5.41) is 4.92. The molecule has 0 fully saturated rings. The quantitative estimate of drug-likeness (QED) is 0.389. The zero-order valence-corrected chi connectivity index (χ0v) is 18.9. The van der Waals surface area contributed by atoms with E-state index in [2.05, 4.69) is 5.32 Å². The number of ether oxygens (including phenoxy) is 3. The molecule has 0 aliphatic heterocycles. The van der Waals surface area contributed by atoms with E-state index in [4.69, 9.17) is 49.0 Å². The van der Waals surface area contributed by atoms with Crippen LogP contribution in [0.1, 0.15) is 16.7 Å². The smallest absolute Gasteiger partial charge is 0.180 e. The van der Waals surface area contributed by atoms with Gasteiger partial charge in [0.15, 0.2) is 11.5 Å². The molecule has 0 unspecified atom stereocenters. The van der Waals surface area contributed by atoms with Gasteiger partial charge in [-0.15, -0.1) is 0 Å². The molecule has 3 aromatic carbocycles. The van der Waals surface area contributed by atoms with Crippen LogP contribution in [-0.4, -0.2) is 14.2 Å². The third-order valence-electron chi connectivity index (χ3n) is 4.55. The zero-order chi connectivity index (χ0) is 21.5. The maximum Gasteiger partial charge on any atom is 0.180 e. The van der Waals surface area contributed by atoms with E-state index in [-0.39, 0.29) is 6.61 Å². The van der Waals surface area contributed by atoms with Gasteiger partial charge < -0.3 is 19.5 Å². The summed E-state index contributed by atoms with van der Waals surface area (Å²) in [5.74, 6) is 1.84. The maximum absolute atomic E-state index is 6.48. The van der Waals surface area contributed by atoms with Gasteiger partial charge in [-0.05, 0) is 35.9 Å². The van der Waals surface area contributed by atoms with Gasteiger partial charge in [-0.2, -0.15) is 0 Å². The molecular formula is C23H22Cl3NO3. The molecule has 0 heterocycles. The highest BCUT2D eigenvalue weighted by Gasteiger charge is 2.14. The normalized spacial score (nSPS) is 10.7. The van der Waals surface area contributed by atoms with Crippen molar-refractivity contribution >= 4 is 34.8 Å². The lowest BCUT2D eigenvalue weighted by atomic mass is 10.1. The van der Waals surface area contributed by atoms with E-state index in [0.717, 1.165) is 16.9 Å². The predicted octanol–water partition coefficient (Wildman–Crippen LogP) is 6.53. The molecule has 1 N–H and O–H groups in total. The van der Waals surface area contributed by atoms with Crippen molar-refractivity contribution in [2.45, 2.75) is 19.7 Å². The predicted molar refractivity (Wildman–Crippen MR) is 122 cm³/mol. The van der Waals surface area contributed by atoms with Gasteiger partial charge in [-0.3, -0.25) is 0 Å². The summed E-state index contributed by atoms with van der Waals surface area (Å²) >= 11 is 18.9. The molecular weight excluding hydrogens is 445 g/mol. The molecule has 30 heavy (non-hydrogen) atoms. The molecule has 7 heteroatoms. The molecule has 0 spiro atoms. The number of nitrogens with one attached hydrogen (secondary N) is 1. The lowest BCUT2D eigenvalue weighted by Gasteiger charge is -2.16. The fourth-order valence-corrected chi connectivity index (χ4v) is 3.81. The molecule has 0 atom stereocenters. The summed E-state index contributed by atoms with van der Waals surface area (Å²) in [5.41, 5.74) is 2.74. The van der Waals surface area contributed by atoms with E-state index in [1.165, 1.54) is 0 Å². The first kappa shape index (κ1) is 22.6. The second kappa shape index (κ2) is 10.8. The topological polar surface area (TPSA) is 39.7 Å². The van der Waals surface area contributed by atoms with Gasteiger partial charge in [0.1, 0.15) is 12.4 Å². The van der Waals surface area contributed by atoms with Crippen molar-refractivity contribution in [2.75, 3.05) is 14.2 Å². The Labute approximate surface area is 191 Å². The average molecular weight is 467 g/mol. The van der Waals surface area contributed by atoms with Crippen LogP contribution in [0.4, 0.5) is 0 Å². The summed E-state index contributed by atoms with van der Waals surface area (Å²) < 4.78 is 16.8. The monoisotopic (exact) mass is 465 g/mol. The van der Waals surface area contributed by atoms with Crippen LogP contribution in [-0.2, 0) is 19.7 Å². The van der Waals surface area contributed by atoms with Crippen molar-refractivity contribution in [1.29, 1.82) is 0 Å². The zero-order valence-electron chi connectivity index (χ0n) is 16.7. The Morgan fingerprint density at radius 3 is 2.17 bits per heavy atom. The molecule has 0 saturated heterocycles.